The zero-order valence-corrected chi connectivity index (χ0v) is 26.7. The first-order valence-electron chi connectivity index (χ1n) is 14.5. The van der Waals surface area contributed by atoms with E-state index in [0.29, 0.717) is 17.7 Å². The Morgan fingerprint density at radius 2 is 1.84 bits per heavy atom. The normalized spacial score (nSPS) is 25.7. The van der Waals surface area contributed by atoms with E-state index in [9.17, 15) is 14.7 Å². The summed E-state index contributed by atoms with van der Waals surface area (Å²) in [4.78, 5) is 28.4. The molecule has 5 atom stereocenters. The largest absolute Gasteiger partial charge is 0.467 e. The topological polar surface area (TPSA) is 122 Å². The summed E-state index contributed by atoms with van der Waals surface area (Å²) in [7, 11) is 3.01. The fourth-order valence-electron chi connectivity index (χ4n) is 4.74. The van der Waals surface area contributed by atoms with Crippen LogP contribution in [-0.2, 0) is 28.4 Å². The van der Waals surface area contributed by atoms with Gasteiger partial charge in [-0.3, -0.25) is 4.90 Å². The number of fused-ring (bicyclic) bond motifs is 2. The minimum absolute atomic E-state index is 0.145. The Balaban J connectivity index is 2.17. The molecule has 240 valence electrons. The molecule has 0 saturated carbocycles. The molecule has 0 aliphatic carbocycles. The Hall–Kier alpha value is -2.96. The summed E-state index contributed by atoms with van der Waals surface area (Å²) < 4.78 is 40.0. The van der Waals surface area contributed by atoms with Gasteiger partial charge in [0, 0.05) is 26.2 Å². The minimum Gasteiger partial charge on any atom is -0.467 e. The lowest BCUT2D eigenvalue weighted by Crippen LogP contribution is -2.39. The van der Waals surface area contributed by atoms with Crippen LogP contribution in [0.1, 0.15) is 70.8 Å². The van der Waals surface area contributed by atoms with Crippen molar-refractivity contribution in [1.29, 1.82) is 0 Å². The van der Waals surface area contributed by atoms with Crippen LogP contribution in [0.3, 0.4) is 0 Å². The summed E-state index contributed by atoms with van der Waals surface area (Å²) in [6.07, 6.45) is 4.30. The highest BCUT2D eigenvalue weighted by atomic mass is 16.8. The van der Waals surface area contributed by atoms with Crippen molar-refractivity contribution in [2.45, 2.75) is 90.7 Å². The lowest BCUT2D eigenvalue weighted by Gasteiger charge is -2.28. The van der Waals surface area contributed by atoms with Gasteiger partial charge in [-0.15, -0.1) is 0 Å². The number of ether oxygens (including phenoxy) is 7. The third-order valence-corrected chi connectivity index (χ3v) is 6.97. The van der Waals surface area contributed by atoms with Gasteiger partial charge >= 0.3 is 12.1 Å². The number of benzene rings is 1. The van der Waals surface area contributed by atoms with Crippen LogP contribution >= 0.6 is 0 Å². The van der Waals surface area contributed by atoms with Gasteiger partial charge < -0.3 is 38.3 Å². The first-order chi connectivity index (χ1) is 20.2. The van der Waals surface area contributed by atoms with Gasteiger partial charge in [-0.2, -0.15) is 0 Å². The first-order valence-corrected chi connectivity index (χ1v) is 14.5. The molecule has 0 bridgehead atoms. The molecule has 0 radical (unpaired) electrons. The molecule has 1 N–H and O–H groups in total. The van der Waals surface area contributed by atoms with E-state index in [-0.39, 0.29) is 37.2 Å². The molecule has 43 heavy (non-hydrogen) atoms. The zero-order chi connectivity index (χ0) is 31.9. The maximum atomic E-state index is 13.7. The van der Waals surface area contributed by atoms with Gasteiger partial charge in [-0.05, 0) is 59.6 Å². The monoisotopic (exact) mass is 605 g/mol. The number of aliphatic hydroxyl groups excluding tert-OH is 1. The molecule has 1 aromatic rings. The highest BCUT2D eigenvalue weighted by Gasteiger charge is 2.43. The van der Waals surface area contributed by atoms with Crippen LogP contribution in [0, 0.1) is 5.92 Å². The summed E-state index contributed by atoms with van der Waals surface area (Å²) in [5.74, 6) is -1.55. The van der Waals surface area contributed by atoms with Gasteiger partial charge in [-0.25, -0.2) is 9.59 Å². The number of anilines is 1. The number of amides is 1. The number of rotatable bonds is 7. The quantitative estimate of drug-likeness (QED) is 0.255. The first kappa shape index (κ1) is 34.5. The lowest BCUT2D eigenvalue weighted by molar-refractivity contribution is -0.152. The minimum atomic E-state index is -0.926. The smallest absolute Gasteiger partial charge is 0.414 e. The number of methoxy groups -OCH3 is 2. The summed E-state index contributed by atoms with van der Waals surface area (Å²) in [5.41, 5.74) is 0.305. The molecule has 1 saturated heterocycles. The second-order valence-electron chi connectivity index (χ2n) is 12.2. The molecule has 1 aromatic carbocycles. The fourth-order valence-corrected chi connectivity index (χ4v) is 4.74. The molecule has 2 aliphatic heterocycles. The standard InChI is InChI=1S/C32H47NO10/c1-20-13-14-24(34)28-25(41-32(6,7)42-28)12-10-11-22-17-23(33(15-16-37-8)30(36)43-31(3,4)5)18-26(39-19-38-9)27(22)29(35)40-21(20)2/h10-11,13-14,17-18,20-21,24-25,28,34H,12,15-16,19H2,1-9H3/t20-,21+,24-,25+,28-/m1/s1. The van der Waals surface area contributed by atoms with Gasteiger partial charge in [0.15, 0.2) is 12.6 Å². The van der Waals surface area contributed by atoms with Crippen molar-refractivity contribution in [2.75, 3.05) is 39.1 Å². The summed E-state index contributed by atoms with van der Waals surface area (Å²) in [5, 5.41) is 10.9. The van der Waals surface area contributed by atoms with E-state index in [1.807, 2.05) is 13.0 Å². The predicted molar refractivity (Wildman–Crippen MR) is 161 cm³/mol. The van der Waals surface area contributed by atoms with Gasteiger partial charge in [0.05, 0.1) is 24.9 Å². The number of carbonyl (C=O) groups excluding carboxylic acids is 2. The number of aliphatic hydroxyl groups is 1. The average molecular weight is 606 g/mol. The van der Waals surface area contributed by atoms with E-state index in [1.165, 1.54) is 12.0 Å². The summed E-state index contributed by atoms with van der Waals surface area (Å²) in [6, 6.07) is 3.29. The van der Waals surface area contributed by atoms with E-state index in [1.54, 1.807) is 79.0 Å². The van der Waals surface area contributed by atoms with Crippen LogP contribution in [0.15, 0.2) is 30.4 Å². The lowest BCUT2D eigenvalue weighted by atomic mass is 9.98. The zero-order valence-electron chi connectivity index (χ0n) is 26.7. The van der Waals surface area contributed by atoms with Gasteiger partial charge in [0.25, 0.3) is 0 Å². The number of carbonyl (C=O) groups is 2. The SMILES string of the molecule is COCCN(C(=O)OC(C)(C)C)c1cc2c(c(OCOC)c1)C(=O)O[C@@H](C)[C@H](C)C=C[C@@H](O)[C@H]1OC(C)(C)O[C@H]1CC=C2. The van der Waals surface area contributed by atoms with Crippen molar-refractivity contribution in [3.63, 3.8) is 0 Å². The number of esters is 1. The van der Waals surface area contributed by atoms with Crippen LogP contribution in [0.5, 0.6) is 5.75 Å². The molecule has 1 fully saturated rings. The second-order valence-corrected chi connectivity index (χ2v) is 12.2. The highest BCUT2D eigenvalue weighted by molar-refractivity contribution is 5.99. The van der Waals surface area contributed by atoms with Gasteiger partial charge in [0.1, 0.15) is 35.2 Å². The molecular weight excluding hydrogens is 558 g/mol. The Morgan fingerprint density at radius 3 is 2.49 bits per heavy atom. The molecule has 0 aromatic heterocycles. The third kappa shape index (κ3) is 9.51. The molecule has 11 heteroatoms. The van der Waals surface area contributed by atoms with E-state index >= 15 is 0 Å². The maximum Gasteiger partial charge on any atom is 0.414 e. The van der Waals surface area contributed by atoms with Crippen molar-refractivity contribution < 1.29 is 47.9 Å². The van der Waals surface area contributed by atoms with Crippen LogP contribution in [0.25, 0.3) is 6.08 Å². The number of cyclic esters (lactones) is 1. The average Bonchev–Trinajstić information content (AvgIpc) is 3.22. The number of nitrogens with zero attached hydrogens (tertiary/aromatic N) is 1. The summed E-state index contributed by atoms with van der Waals surface area (Å²) in [6.45, 7) is 12.9. The molecular formula is C32H47NO10. The molecule has 2 aliphatic rings. The molecule has 1 amide bonds. The molecule has 3 rings (SSSR count). The van der Waals surface area contributed by atoms with Gasteiger partial charge in [-0.1, -0.05) is 31.2 Å². The number of hydrogen-bond donors (Lipinski definition) is 1. The maximum absolute atomic E-state index is 13.7. The predicted octanol–water partition coefficient (Wildman–Crippen LogP) is 5.09. The molecule has 2 heterocycles. The van der Waals surface area contributed by atoms with Crippen LogP contribution in [0.2, 0.25) is 0 Å². The van der Waals surface area contributed by atoms with Crippen molar-refractivity contribution in [1.82, 2.24) is 0 Å². The van der Waals surface area contributed by atoms with Crippen molar-refractivity contribution in [3.8, 4) is 5.75 Å². The van der Waals surface area contributed by atoms with E-state index in [0.717, 1.165) is 0 Å². The van der Waals surface area contributed by atoms with E-state index < -0.39 is 47.9 Å². The third-order valence-electron chi connectivity index (χ3n) is 6.97. The Bertz CT molecular complexity index is 1170. The second kappa shape index (κ2) is 14.7. The Kier molecular flexibility index (Phi) is 11.8. The van der Waals surface area contributed by atoms with Crippen molar-refractivity contribution in [2.24, 2.45) is 5.92 Å². The molecule has 0 spiro atoms. The molecule has 0 unspecified atom stereocenters. The van der Waals surface area contributed by atoms with Crippen molar-refractivity contribution >= 4 is 23.8 Å². The van der Waals surface area contributed by atoms with E-state index in [2.05, 4.69) is 0 Å². The number of hydrogen-bond acceptors (Lipinski definition) is 10. The summed E-state index contributed by atoms with van der Waals surface area (Å²) >= 11 is 0. The van der Waals surface area contributed by atoms with Crippen LogP contribution < -0.4 is 9.64 Å². The Labute approximate surface area is 254 Å². The highest BCUT2D eigenvalue weighted by Crippen LogP contribution is 2.35. The van der Waals surface area contributed by atoms with Crippen LogP contribution in [-0.4, -0.2) is 87.1 Å². The Morgan fingerprint density at radius 1 is 1.12 bits per heavy atom. The van der Waals surface area contributed by atoms with Gasteiger partial charge in [0.2, 0.25) is 0 Å². The fraction of sp³-hybridized carbons (Fsp3) is 0.625. The van der Waals surface area contributed by atoms with E-state index in [4.69, 9.17) is 33.2 Å². The van der Waals surface area contributed by atoms with Crippen molar-refractivity contribution in [3.05, 3.63) is 41.5 Å². The van der Waals surface area contributed by atoms with Crippen LogP contribution in [0.4, 0.5) is 10.5 Å². The molecule has 11 nitrogen and oxygen atoms in total.